The second-order valence-electron chi connectivity index (χ2n) is 10.4. The third-order valence-corrected chi connectivity index (χ3v) is 7.77. The van der Waals surface area contributed by atoms with Crippen molar-refractivity contribution < 1.29 is 8.51 Å². The summed E-state index contributed by atoms with van der Waals surface area (Å²) in [5, 5.41) is 3.69. The predicted molar refractivity (Wildman–Crippen MR) is 128 cm³/mol. The second kappa shape index (κ2) is 5.87. The highest BCUT2D eigenvalue weighted by molar-refractivity contribution is 6.11. The molecule has 1 aliphatic heterocycles. The third-order valence-electron chi connectivity index (χ3n) is 7.77. The standard InChI is InChI=1S/C28H35N2/c1-16(2)19-12-10-13-20-21-14-11-15-22-24(21)30-25(28(8,9)27(22,6)7)18(5)29(17(3)4)26(30)23(19)20/h10-17H,1-9H3/q+1/i8D3. The zero-order valence-corrected chi connectivity index (χ0v) is 19.5. The van der Waals surface area contributed by atoms with Gasteiger partial charge < -0.3 is 0 Å². The number of imidazole rings is 1. The maximum atomic E-state index is 8.77. The van der Waals surface area contributed by atoms with Crippen LogP contribution in [0.15, 0.2) is 36.4 Å². The molecule has 1 aliphatic rings. The van der Waals surface area contributed by atoms with Gasteiger partial charge in [-0.25, -0.2) is 4.57 Å². The van der Waals surface area contributed by atoms with Gasteiger partial charge in [0.25, 0.3) is 5.65 Å². The molecule has 30 heavy (non-hydrogen) atoms. The molecule has 5 rings (SSSR count). The highest BCUT2D eigenvalue weighted by Gasteiger charge is 2.52. The molecule has 0 spiro atoms. The smallest absolute Gasteiger partial charge is 0.225 e. The van der Waals surface area contributed by atoms with Crippen LogP contribution in [0.1, 0.15) is 93.9 Å². The third kappa shape index (κ3) is 2.08. The van der Waals surface area contributed by atoms with Crippen molar-refractivity contribution in [2.45, 2.75) is 85.0 Å². The molecule has 2 nitrogen and oxygen atoms in total. The van der Waals surface area contributed by atoms with E-state index in [1.54, 1.807) is 0 Å². The minimum atomic E-state index is -2.17. The van der Waals surface area contributed by atoms with Gasteiger partial charge in [0.15, 0.2) is 5.69 Å². The Labute approximate surface area is 184 Å². The molecule has 3 heterocycles. The Morgan fingerprint density at radius 1 is 0.933 bits per heavy atom. The molecule has 156 valence electrons. The summed E-state index contributed by atoms with van der Waals surface area (Å²) in [7, 11) is 0. The van der Waals surface area contributed by atoms with Gasteiger partial charge in [-0.05, 0) is 25.3 Å². The molecule has 2 heteroatoms. The molecule has 2 aromatic heterocycles. The first-order valence-corrected chi connectivity index (χ1v) is 11.2. The lowest BCUT2D eigenvalue weighted by Crippen LogP contribution is -2.51. The van der Waals surface area contributed by atoms with Gasteiger partial charge in [-0.15, -0.1) is 0 Å². The number of para-hydroxylation sites is 1. The fourth-order valence-corrected chi connectivity index (χ4v) is 5.91. The number of hydrogen-bond donors (Lipinski definition) is 0. The number of nitrogens with zero attached hydrogens (tertiary/aromatic N) is 2. The summed E-state index contributed by atoms with van der Waals surface area (Å²) < 4.78 is 31.0. The average molecular weight is 403 g/mol. The molecule has 0 saturated carbocycles. The van der Waals surface area contributed by atoms with Crippen LogP contribution in [0.2, 0.25) is 0 Å². The van der Waals surface area contributed by atoms with Gasteiger partial charge in [-0.3, -0.25) is 0 Å². The van der Waals surface area contributed by atoms with E-state index in [9.17, 15) is 0 Å². The molecule has 0 radical (unpaired) electrons. The van der Waals surface area contributed by atoms with Crippen molar-refractivity contribution in [2.75, 3.05) is 0 Å². The summed E-state index contributed by atoms with van der Waals surface area (Å²) in [6.45, 7) is 15.0. The molecule has 1 unspecified atom stereocenters. The zero-order chi connectivity index (χ0) is 24.2. The highest BCUT2D eigenvalue weighted by atomic mass is 15.2. The normalized spacial score (nSPS) is 22.4. The number of pyridine rings is 1. The largest absolute Gasteiger partial charge is 0.295 e. The summed E-state index contributed by atoms with van der Waals surface area (Å²) in [6.07, 6.45) is 0. The zero-order valence-electron chi connectivity index (χ0n) is 22.5. The molecule has 0 saturated heterocycles. The van der Waals surface area contributed by atoms with Crippen molar-refractivity contribution in [3.8, 4) is 0 Å². The number of benzene rings is 2. The van der Waals surface area contributed by atoms with E-state index in [0.29, 0.717) is 5.92 Å². The minimum absolute atomic E-state index is 0.198. The van der Waals surface area contributed by atoms with Crippen molar-refractivity contribution in [2.24, 2.45) is 0 Å². The molecule has 0 N–H and O–H groups in total. The van der Waals surface area contributed by atoms with Gasteiger partial charge in [0.2, 0.25) is 0 Å². The predicted octanol–water partition coefficient (Wildman–Crippen LogP) is 7.11. The molecule has 0 fully saturated rings. The van der Waals surface area contributed by atoms with E-state index in [2.05, 4.69) is 93.8 Å². The van der Waals surface area contributed by atoms with Crippen LogP contribution in [-0.4, -0.2) is 4.57 Å². The molecule has 0 amide bonds. The van der Waals surface area contributed by atoms with E-state index in [-0.39, 0.29) is 6.04 Å². The lowest BCUT2D eigenvalue weighted by Gasteiger charge is -2.43. The van der Waals surface area contributed by atoms with Crippen molar-refractivity contribution in [3.63, 3.8) is 0 Å². The lowest BCUT2D eigenvalue weighted by atomic mass is 9.60. The van der Waals surface area contributed by atoms with Gasteiger partial charge >= 0.3 is 0 Å². The van der Waals surface area contributed by atoms with Crippen molar-refractivity contribution in [1.29, 1.82) is 0 Å². The van der Waals surface area contributed by atoms with Crippen LogP contribution in [0, 0.1) is 6.92 Å². The van der Waals surface area contributed by atoms with E-state index in [1.807, 2.05) is 6.92 Å². The Morgan fingerprint density at radius 2 is 1.60 bits per heavy atom. The van der Waals surface area contributed by atoms with Crippen LogP contribution in [0.25, 0.3) is 27.3 Å². The maximum absolute atomic E-state index is 8.77. The Balaban J connectivity index is 2.25. The molecular weight excluding hydrogens is 364 g/mol. The number of aromatic nitrogens is 2. The van der Waals surface area contributed by atoms with Gasteiger partial charge in [-0.2, -0.15) is 4.40 Å². The van der Waals surface area contributed by atoms with E-state index < -0.39 is 17.7 Å². The first kappa shape index (κ1) is 16.4. The average Bonchev–Trinajstić information content (AvgIpc) is 3.04. The Bertz CT molecular complexity index is 1450. The van der Waals surface area contributed by atoms with Crippen LogP contribution < -0.4 is 4.40 Å². The fraction of sp³-hybridized carbons (Fsp3) is 0.464. The lowest BCUT2D eigenvalue weighted by molar-refractivity contribution is -0.500. The van der Waals surface area contributed by atoms with E-state index in [4.69, 9.17) is 4.11 Å². The maximum Gasteiger partial charge on any atom is 0.295 e. The van der Waals surface area contributed by atoms with Crippen LogP contribution in [-0.2, 0) is 10.8 Å². The first-order chi connectivity index (χ1) is 15.3. The van der Waals surface area contributed by atoms with E-state index in [0.717, 1.165) is 28.1 Å². The molecule has 0 aliphatic carbocycles. The van der Waals surface area contributed by atoms with Crippen molar-refractivity contribution in [3.05, 3.63) is 58.9 Å². The SMILES string of the molecule is [2H]C([2H])([2H])C1(C)c2c(C)n(C(C)C)c3c4c(C(C)C)cccc4c4cccc(c4[n+]23)C1(C)C. The summed E-state index contributed by atoms with van der Waals surface area (Å²) in [6, 6.07) is 13.3. The van der Waals surface area contributed by atoms with E-state index in [1.165, 1.54) is 21.7 Å². The summed E-state index contributed by atoms with van der Waals surface area (Å²) in [4.78, 5) is 0. The summed E-state index contributed by atoms with van der Waals surface area (Å²) in [5.74, 6) is 0.353. The van der Waals surface area contributed by atoms with Crippen molar-refractivity contribution in [1.82, 2.24) is 4.57 Å². The minimum Gasteiger partial charge on any atom is -0.225 e. The monoisotopic (exact) mass is 402 g/mol. The fourth-order valence-electron chi connectivity index (χ4n) is 5.91. The molecule has 4 aromatic rings. The topological polar surface area (TPSA) is 9.03 Å². The second-order valence-corrected chi connectivity index (χ2v) is 10.4. The molecule has 1 atom stereocenters. The molecular formula is C28H35N2+. The van der Waals surface area contributed by atoms with E-state index >= 15 is 0 Å². The number of fused-ring (bicyclic) bond motifs is 3. The van der Waals surface area contributed by atoms with Crippen LogP contribution in [0.3, 0.4) is 0 Å². The van der Waals surface area contributed by atoms with Gasteiger partial charge in [-0.1, -0.05) is 77.9 Å². The highest BCUT2D eigenvalue weighted by Crippen LogP contribution is 2.50. The molecule has 2 aromatic carbocycles. The quantitative estimate of drug-likeness (QED) is 0.249. The summed E-state index contributed by atoms with van der Waals surface area (Å²) in [5.41, 5.74) is 5.06. The first-order valence-electron chi connectivity index (χ1n) is 12.7. The van der Waals surface area contributed by atoms with Crippen LogP contribution >= 0.6 is 0 Å². The van der Waals surface area contributed by atoms with Gasteiger partial charge in [0.05, 0.1) is 11.4 Å². The summed E-state index contributed by atoms with van der Waals surface area (Å²) >= 11 is 0. The Morgan fingerprint density at radius 3 is 2.23 bits per heavy atom. The number of rotatable bonds is 2. The van der Waals surface area contributed by atoms with Crippen LogP contribution in [0.5, 0.6) is 0 Å². The Kier molecular flexibility index (Phi) is 3.20. The van der Waals surface area contributed by atoms with Crippen molar-refractivity contribution >= 4 is 27.3 Å². The molecule has 0 bridgehead atoms. The van der Waals surface area contributed by atoms with Gasteiger partial charge in [0.1, 0.15) is 11.2 Å². The van der Waals surface area contributed by atoms with Crippen LogP contribution in [0.4, 0.5) is 0 Å². The number of hydrogen-bond acceptors (Lipinski definition) is 0. The Hall–Kier alpha value is -2.35. The van der Waals surface area contributed by atoms with Gasteiger partial charge in [0, 0.05) is 38.2 Å².